The first kappa shape index (κ1) is 20.7. The first-order valence-electron chi connectivity index (χ1n) is 10.8. The highest BCUT2D eigenvalue weighted by molar-refractivity contribution is 5.92. The molecule has 0 aromatic carbocycles. The van der Waals surface area contributed by atoms with E-state index < -0.39 is 35.5 Å². The summed E-state index contributed by atoms with van der Waals surface area (Å²) in [6.07, 6.45) is 5.59. The molecule has 6 heteroatoms. The van der Waals surface area contributed by atoms with Crippen molar-refractivity contribution in [2.24, 2.45) is 28.6 Å². The minimum atomic E-state index is -1.37. The molecule has 2 N–H and O–H groups in total. The Bertz CT molecular complexity index is 786. The fourth-order valence-electron chi connectivity index (χ4n) is 7.73. The highest BCUT2D eigenvalue weighted by atomic mass is 16.6. The van der Waals surface area contributed by atoms with E-state index in [2.05, 4.69) is 6.92 Å². The summed E-state index contributed by atoms with van der Waals surface area (Å²) in [6, 6.07) is 0. The molecule has 0 radical (unpaired) electrons. The van der Waals surface area contributed by atoms with Gasteiger partial charge in [-0.2, -0.15) is 0 Å². The average molecular weight is 405 g/mol. The van der Waals surface area contributed by atoms with E-state index in [-0.39, 0.29) is 29.0 Å². The van der Waals surface area contributed by atoms with Crippen LogP contribution in [0.25, 0.3) is 0 Å². The fourth-order valence-corrected chi connectivity index (χ4v) is 7.73. The van der Waals surface area contributed by atoms with Crippen molar-refractivity contribution < 1.29 is 29.3 Å². The van der Waals surface area contributed by atoms with Crippen molar-refractivity contribution in [1.82, 2.24) is 0 Å². The molecule has 0 bridgehead atoms. The number of fused-ring (bicyclic) bond motifs is 5. The Morgan fingerprint density at radius 2 is 1.93 bits per heavy atom. The fraction of sp³-hybridized carbons (Fsp3) is 0.783. The van der Waals surface area contributed by atoms with Gasteiger partial charge in [0.05, 0.1) is 6.10 Å². The number of Topliss-reactive ketones (excluding diaryl/α,β-unsaturated/α-hetero) is 1. The first-order valence-corrected chi connectivity index (χ1v) is 10.8. The zero-order valence-corrected chi connectivity index (χ0v) is 17.6. The summed E-state index contributed by atoms with van der Waals surface area (Å²) in [5.41, 5.74) is -1.12. The first-order chi connectivity index (χ1) is 13.6. The molecular formula is C23H32O6. The molecule has 0 amide bonds. The van der Waals surface area contributed by atoms with Gasteiger partial charge in [0, 0.05) is 18.8 Å². The van der Waals surface area contributed by atoms with E-state index in [9.17, 15) is 24.6 Å². The van der Waals surface area contributed by atoms with E-state index in [0.717, 1.165) is 31.3 Å². The largest absolute Gasteiger partial charge is 0.451 e. The highest BCUT2D eigenvalue weighted by Crippen LogP contribution is 2.68. The molecule has 7 atom stereocenters. The normalized spacial score (nSPS) is 46.2. The summed E-state index contributed by atoms with van der Waals surface area (Å²) < 4.78 is 5.68. The lowest BCUT2D eigenvalue weighted by molar-refractivity contribution is -0.200. The Labute approximate surface area is 171 Å². The standard InChI is InChI=1S/C23H32O6/c1-13(25)29-23(19(28)12-24)9-7-17-16-5-4-14-10-15(26)6-8-21(14,2)20(16)18(27)11-22(17,23)3/h10,16-18,20,24,27H,4-9,11-12H2,1-3H3/t16-,17-,18-,20+,21+,22+,23-/m1/s1. The summed E-state index contributed by atoms with van der Waals surface area (Å²) >= 11 is 0. The van der Waals surface area contributed by atoms with Crippen LogP contribution in [0.15, 0.2) is 11.6 Å². The van der Waals surface area contributed by atoms with E-state index in [1.165, 1.54) is 6.92 Å². The zero-order valence-electron chi connectivity index (χ0n) is 17.6. The number of carbonyl (C=O) groups is 3. The third kappa shape index (κ3) is 2.71. The molecule has 6 nitrogen and oxygen atoms in total. The van der Waals surface area contributed by atoms with Gasteiger partial charge in [0.25, 0.3) is 0 Å². The van der Waals surface area contributed by atoms with Crippen LogP contribution in [0, 0.1) is 28.6 Å². The number of hydrogen-bond donors (Lipinski definition) is 2. The Morgan fingerprint density at radius 3 is 2.59 bits per heavy atom. The lowest BCUT2D eigenvalue weighted by Crippen LogP contribution is -2.63. The molecule has 3 fully saturated rings. The van der Waals surface area contributed by atoms with Crippen LogP contribution in [0.5, 0.6) is 0 Å². The SMILES string of the molecule is CC(=O)O[C@@]1(C(=O)CO)CC[C@@H]2[C@H]3CCC4=CC(=O)CC[C@]4(C)[C@@H]3[C@H](O)C[C@@]21C. The molecule has 3 saturated carbocycles. The van der Waals surface area contributed by atoms with Crippen LogP contribution in [0.4, 0.5) is 0 Å². The minimum absolute atomic E-state index is 0.0334. The molecule has 160 valence electrons. The molecule has 4 aliphatic rings. The maximum absolute atomic E-state index is 12.9. The van der Waals surface area contributed by atoms with Crippen molar-refractivity contribution in [1.29, 1.82) is 0 Å². The molecule has 0 aromatic heterocycles. The van der Waals surface area contributed by atoms with E-state index in [0.29, 0.717) is 19.3 Å². The van der Waals surface area contributed by atoms with Crippen molar-refractivity contribution in [3.05, 3.63) is 11.6 Å². The number of ketones is 2. The number of aliphatic hydroxyl groups excluding tert-OH is 2. The molecule has 4 rings (SSSR count). The van der Waals surface area contributed by atoms with Crippen molar-refractivity contribution >= 4 is 17.5 Å². The molecule has 29 heavy (non-hydrogen) atoms. The molecule has 0 unspecified atom stereocenters. The van der Waals surface area contributed by atoms with Gasteiger partial charge in [-0.1, -0.05) is 19.4 Å². The Morgan fingerprint density at radius 1 is 1.21 bits per heavy atom. The van der Waals surface area contributed by atoms with Crippen LogP contribution in [-0.2, 0) is 19.1 Å². The third-order valence-corrected chi connectivity index (χ3v) is 8.93. The van der Waals surface area contributed by atoms with E-state index in [4.69, 9.17) is 4.74 Å². The predicted octanol–water partition coefficient (Wildman–Crippen LogP) is 2.35. The number of hydrogen-bond acceptors (Lipinski definition) is 6. The van der Waals surface area contributed by atoms with Crippen LogP contribution < -0.4 is 0 Å². The van der Waals surface area contributed by atoms with E-state index >= 15 is 0 Å². The van der Waals surface area contributed by atoms with Crippen LogP contribution in [0.1, 0.15) is 65.7 Å². The second-order valence-corrected chi connectivity index (χ2v) is 10.1. The van der Waals surface area contributed by atoms with Gasteiger partial charge in [-0.15, -0.1) is 0 Å². The number of ether oxygens (including phenoxy) is 1. The lowest BCUT2D eigenvalue weighted by Gasteiger charge is -2.60. The minimum Gasteiger partial charge on any atom is -0.451 e. The number of allylic oxidation sites excluding steroid dienone is 1. The molecule has 0 aliphatic heterocycles. The molecular weight excluding hydrogens is 372 g/mol. The second kappa shape index (κ2) is 6.74. The van der Waals surface area contributed by atoms with Crippen LogP contribution in [-0.4, -0.2) is 46.1 Å². The number of esters is 1. The predicted molar refractivity (Wildman–Crippen MR) is 105 cm³/mol. The van der Waals surface area contributed by atoms with Crippen LogP contribution in [0.3, 0.4) is 0 Å². The maximum atomic E-state index is 12.9. The van der Waals surface area contributed by atoms with Gasteiger partial charge < -0.3 is 14.9 Å². The number of aliphatic hydroxyl groups is 2. The lowest BCUT2D eigenvalue weighted by atomic mass is 9.45. The smallest absolute Gasteiger partial charge is 0.303 e. The Balaban J connectivity index is 1.76. The van der Waals surface area contributed by atoms with Crippen LogP contribution in [0.2, 0.25) is 0 Å². The number of rotatable bonds is 3. The Hall–Kier alpha value is -1.53. The molecule has 0 aromatic rings. The molecule has 0 heterocycles. The summed E-state index contributed by atoms with van der Waals surface area (Å²) in [6.45, 7) is 4.76. The van der Waals surface area contributed by atoms with Gasteiger partial charge >= 0.3 is 5.97 Å². The topological polar surface area (TPSA) is 101 Å². The summed E-state index contributed by atoms with van der Waals surface area (Å²) in [7, 11) is 0. The van der Waals surface area contributed by atoms with E-state index in [1.54, 1.807) is 6.08 Å². The third-order valence-electron chi connectivity index (χ3n) is 8.93. The van der Waals surface area contributed by atoms with Gasteiger partial charge in [-0.3, -0.25) is 14.4 Å². The number of carbonyl (C=O) groups excluding carboxylic acids is 3. The maximum Gasteiger partial charge on any atom is 0.303 e. The van der Waals surface area contributed by atoms with Crippen LogP contribution >= 0.6 is 0 Å². The van der Waals surface area contributed by atoms with Crippen molar-refractivity contribution in [3.8, 4) is 0 Å². The van der Waals surface area contributed by atoms with Gasteiger partial charge in [0.15, 0.2) is 11.4 Å². The summed E-state index contributed by atoms with van der Waals surface area (Å²) in [4.78, 5) is 36.8. The van der Waals surface area contributed by atoms with Gasteiger partial charge in [-0.05, 0) is 67.8 Å². The van der Waals surface area contributed by atoms with Gasteiger partial charge in [-0.25, -0.2) is 0 Å². The Kier molecular flexibility index (Phi) is 4.82. The molecule has 0 spiro atoms. The summed E-state index contributed by atoms with van der Waals surface area (Å²) in [5, 5.41) is 21.0. The molecule has 0 saturated heterocycles. The van der Waals surface area contributed by atoms with Crippen molar-refractivity contribution in [3.63, 3.8) is 0 Å². The average Bonchev–Trinajstić information content (AvgIpc) is 2.93. The quantitative estimate of drug-likeness (QED) is 0.701. The second-order valence-electron chi connectivity index (χ2n) is 10.1. The monoisotopic (exact) mass is 404 g/mol. The zero-order chi connectivity index (χ0) is 21.2. The van der Waals surface area contributed by atoms with E-state index in [1.807, 2.05) is 6.92 Å². The highest BCUT2D eigenvalue weighted by Gasteiger charge is 2.70. The van der Waals surface area contributed by atoms with Gasteiger partial charge in [0.1, 0.15) is 6.61 Å². The van der Waals surface area contributed by atoms with Gasteiger partial charge in [0.2, 0.25) is 5.78 Å². The van der Waals surface area contributed by atoms with Crippen molar-refractivity contribution in [2.45, 2.75) is 77.4 Å². The summed E-state index contributed by atoms with van der Waals surface area (Å²) in [5.74, 6) is -0.462. The molecule has 4 aliphatic carbocycles. The van der Waals surface area contributed by atoms with Crippen molar-refractivity contribution in [2.75, 3.05) is 6.61 Å².